The summed E-state index contributed by atoms with van der Waals surface area (Å²) in [6, 6.07) is 5.10. The first-order chi connectivity index (χ1) is 6.50. The summed E-state index contributed by atoms with van der Waals surface area (Å²) in [7, 11) is 0. The number of carbonyl (C=O) groups is 1. The Morgan fingerprint density at radius 3 is 2.50 bits per heavy atom. The van der Waals surface area contributed by atoms with E-state index in [0.29, 0.717) is 11.5 Å². The molecule has 0 bridgehead atoms. The Kier molecular flexibility index (Phi) is 3.39. The van der Waals surface area contributed by atoms with Gasteiger partial charge in [-0.1, -0.05) is 26.0 Å². The molecule has 0 aliphatic rings. The van der Waals surface area contributed by atoms with Crippen molar-refractivity contribution < 1.29 is 9.18 Å². The molecule has 1 aromatic rings. The molecular weight excluding hydrogens is 179 g/mol. The van der Waals surface area contributed by atoms with Gasteiger partial charge in [-0.05, 0) is 30.0 Å². The average molecular weight is 194 g/mol. The highest BCUT2D eigenvalue weighted by molar-refractivity contribution is 5.78. The summed E-state index contributed by atoms with van der Waals surface area (Å²) in [5.41, 5.74) is 1.46. The topological polar surface area (TPSA) is 17.1 Å². The van der Waals surface area contributed by atoms with Gasteiger partial charge in [0.15, 0.2) is 0 Å². The number of carbonyl (C=O) groups excluding carboxylic acids is 1. The van der Waals surface area contributed by atoms with Crippen LogP contribution in [0.1, 0.15) is 37.8 Å². The molecule has 0 radical (unpaired) electrons. The minimum absolute atomic E-state index is 0.0128. The molecule has 0 unspecified atom stereocenters. The third kappa shape index (κ3) is 2.66. The Bertz CT molecular complexity index is 342. The lowest BCUT2D eigenvalue weighted by atomic mass is 9.99. The maximum atomic E-state index is 13.4. The molecule has 1 rings (SSSR count). The zero-order valence-electron chi connectivity index (χ0n) is 8.80. The van der Waals surface area contributed by atoms with E-state index in [2.05, 4.69) is 0 Å². The maximum Gasteiger partial charge on any atom is 0.134 e. The smallest absolute Gasteiger partial charge is 0.134 e. The van der Waals surface area contributed by atoms with Crippen LogP contribution in [0.2, 0.25) is 0 Å². The second-order valence-corrected chi connectivity index (χ2v) is 3.88. The van der Waals surface area contributed by atoms with Crippen molar-refractivity contribution in [3.05, 3.63) is 35.1 Å². The van der Waals surface area contributed by atoms with Crippen molar-refractivity contribution in [1.82, 2.24) is 0 Å². The van der Waals surface area contributed by atoms with Crippen molar-refractivity contribution in [3.8, 4) is 0 Å². The second kappa shape index (κ2) is 4.36. The van der Waals surface area contributed by atoms with Crippen LogP contribution in [-0.4, -0.2) is 5.78 Å². The van der Waals surface area contributed by atoms with Crippen LogP contribution in [0.5, 0.6) is 0 Å². The fourth-order valence-electron chi connectivity index (χ4n) is 1.33. The molecular formula is C12H15FO. The average Bonchev–Trinajstić information content (AvgIpc) is 2.07. The van der Waals surface area contributed by atoms with E-state index in [1.54, 1.807) is 6.07 Å². The summed E-state index contributed by atoms with van der Waals surface area (Å²) >= 11 is 0. The Balaban J connectivity index is 2.95. The van der Waals surface area contributed by atoms with Crippen LogP contribution in [0.3, 0.4) is 0 Å². The van der Waals surface area contributed by atoms with Crippen molar-refractivity contribution in [3.63, 3.8) is 0 Å². The van der Waals surface area contributed by atoms with Gasteiger partial charge in [-0.25, -0.2) is 4.39 Å². The van der Waals surface area contributed by atoms with Gasteiger partial charge in [0.1, 0.15) is 11.6 Å². The lowest BCUT2D eigenvalue weighted by Gasteiger charge is -2.07. The van der Waals surface area contributed by atoms with E-state index in [4.69, 9.17) is 0 Å². The van der Waals surface area contributed by atoms with Crippen LogP contribution in [0, 0.1) is 5.82 Å². The van der Waals surface area contributed by atoms with Gasteiger partial charge >= 0.3 is 0 Å². The van der Waals surface area contributed by atoms with Gasteiger partial charge in [-0.3, -0.25) is 4.79 Å². The summed E-state index contributed by atoms with van der Waals surface area (Å²) in [5, 5.41) is 0. The van der Waals surface area contributed by atoms with Crippen molar-refractivity contribution >= 4 is 5.78 Å². The molecule has 0 atom stereocenters. The zero-order valence-corrected chi connectivity index (χ0v) is 8.80. The highest BCUT2D eigenvalue weighted by atomic mass is 19.1. The monoisotopic (exact) mass is 194 g/mol. The number of halogens is 1. The minimum Gasteiger partial charge on any atom is -0.300 e. The lowest BCUT2D eigenvalue weighted by molar-refractivity contribution is -0.116. The Morgan fingerprint density at radius 1 is 1.43 bits per heavy atom. The van der Waals surface area contributed by atoms with Crippen molar-refractivity contribution in [2.24, 2.45) is 0 Å². The largest absolute Gasteiger partial charge is 0.300 e. The molecule has 0 N–H and O–H groups in total. The van der Waals surface area contributed by atoms with E-state index in [0.717, 1.165) is 5.56 Å². The van der Waals surface area contributed by atoms with E-state index < -0.39 is 0 Å². The third-order valence-electron chi connectivity index (χ3n) is 2.18. The van der Waals surface area contributed by atoms with Crippen LogP contribution < -0.4 is 0 Å². The predicted octanol–water partition coefficient (Wildman–Crippen LogP) is 3.08. The molecule has 0 spiro atoms. The SMILES string of the molecule is CC(=O)Cc1ccc(C(C)C)cc1F. The molecule has 0 fully saturated rings. The van der Waals surface area contributed by atoms with Crippen LogP contribution in [0.4, 0.5) is 4.39 Å². The highest BCUT2D eigenvalue weighted by Gasteiger charge is 2.07. The molecule has 1 nitrogen and oxygen atoms in total. The maximum absolute atomic E-state index is 13.4. The summed E-state index contributed by atoms with van der Waals surface area (Å²) < 4.78 is 13.4. The lowest BCUT2D eigenvalue weighted by Crippen LogP contribution is -2.00. The quantitative estimate of drug-likeness (QED) is 0.722. The van der Waals surface area contributed by atoms with Crippen LogP contribution in [-0.2, 0) is 11.2 Å². The predicted molar refractivity (Wildman–Crippen MR) is 54.9 cm³/mol. The van der Waals surface area contributed by atoms with E-state index in [1.165, 1.54) is 13.0 Å². The fourth-order valence-corrected chi connectivity index (χ4v) is 1.33. The Labute approximate surface area is 83.9 Å². The normalized spacial score (nSPS) is 10.6. The van der Waals surface area contributed by atoms with Gasteiger partial charge in [0, 0.05) is 6.42 Å². The highest BCUT2D eigenvalue weighted by Crippen LogP contribution is 2.18. The number of Topliss-reactive ketones (excluding diaryl/α,β-unsaturated/α-hetero) is 1. The van der Waals surface area contributed by atoms with Crippen molar-refractivity contribution in [2.75, 3.05) is 0 Å². The summed E-state index contributed by atoms with van der Waals surface area (Å²) in [5.74, 6) is 0.0310. The molecule has 0 heterocycles. The van der Waals surface area contributed by atoms with Gasteiger partial charge in [0.2, 0.25) is 0 Å². The van der Waals surface area contributed by atoms with E-state index in [-0.39, 0.29) is 18.0 Å². The van der Waals surface area contributed by atoms with Crippen molar-refractivity contribution in [1.29, 1.82) is 0 Å². The Hall–Kier alpha value is -1.18. The molecule has 0 aliphatic carbocycles. The molecule has 0 saturated heterocycles. The minimum atomic E-state index is -0.272. The zero-order chi connectivity index (χ0) is 10.7. The van der Waals surface area contributed by atoms with Gasteiger partial charge in [0.05, 0.1) is 0 Å². The van der Waals surface area contributed by atoms with E-state index in [9.17, 15) is 9.18 Å². The number of hydrogen-bond donors (Lipinski definition) is 0. The van der Waals surface area contributed by atoms with Gasteiger partial charge < -0.3 is 0 Å². The molecule has 0 saturated carbocycles. The standard InChI is InChI=1S/C12H15FO/c1-8(2)10-4-5-11(6-9(3)14)12(13)7-10/h4-5,7-8H,6H2,1-3H3. The first-order valence-corrected chi connectivity index (χ1v) is 4.78. The molecule has 0 aliphatic heterocycles. The third-order valence-corrected chi connectivity index (χ3v) is 2.18. The molecule has 0 amide bonds. The van der Waals surface area contributed by atoms with E-state index >= 15 is 0 Å². The van der Waals surface area contributed by atoms with Crippen LogP contribution in [0.15, 0.2) is 18.2 Å². The van der Waals surface area contributed by atoms with Crippen LogP contribution in [0.25, 0.3) is 0 Å². The molecule has 2 heteroatoms. The van der Waals surface area contributed by atoms with E-state index in [1.807, 2.05) is 19.9 Å². The van der Waals surface area contributed by atoms with Gasteiger partial charge in [-0.15, -0.1) is 0 Å². The molecule has 14 heavy (non-hydrogen) atoms. The number of benzene rings is 1. The van der Waals surface area contributed by atoms with Gasteiger partial charge in [-0.2, -0.15) is 0 Å². The first-order valence-electron chi connectivity index (χ1n) is 4.78. The molecule has 76 valence electrons. The van der Waals surface area contributed by atoms with Gasteiger partial charge in [0.25, 0.3) is 0 Å². The number of hydrogen-bond acceptors (Lipinski definition) is 1. The van der Waals surface area contributed by atoms with Crippen LogP contribution >= 0.6 is 0 Å². The fraction of sp³-hybridized carbons (Fsp3) is 0.417. The number of rotatable bonds is 3. The summed E-state index contributed by atoms with van der Waals surface area (Å²) in [4.78, 5) is 10.8. The first kappa shape index (κ1) is 10.9. The molecule has 1 aromatic carbocycles. The number of ketones is 1. The molecule has 0 aromatic heterocycles. The van der Waals surface area contributed by atoms with Crippen molar-refractivity contribution in [2.45, 2.75) is 33.1 Å². The Morgan fingerprint density at radius 2 is 2.07 bits per heavy atom. The summed E-state index contributed by atoms with van der Waals surface area (Å²) in [6.07, 6.45) is 0.185. The summed E-state index contributed by atoms with van der Waals surface area (Å²) in [6.45, 7) is 5.49. The second-order valence-electron chi connectivity index (χ2n) is 3.88.